The van der Waals surface area contributed by atoms with E-state index in [2.05, 4.69) is 69.9 Å². The molecule has 1 atom stereocenters. The smallest absolute Gasteiger partial charge is 0.0426 e. The van der Waals surface area contributed by atoms with E-state index in [0.29, 0.717) is 6.04 Å². The van der Waals surface area contributed by atoms with Crippen molar-refractivity contribution in [2.24, 2.45) is 0 Å². The van der Waals surface area contributed by atoms with Gasteiger partial charge in [0.15, 0.2) is 0 Å². The molecule has 0 aliphatic heterocycles. The number of hydrogen-bond acceptors (Lipinski definition) is 2. The van der Waals surface area contributed by atoms with Gasteiger partial charge >= 0.3 is 0 Å². The van der Waals surface area contributed by atoms with Gasteiger partial charge in [0, 0.05) is 15.4 Å². The molecule has 1 N–H and O–H groups in total. The van der Waals surface area contributed by atoms with Crippen LogP contribution in [0, 0.1) is 0 Å². The third kappa shape index (κ3) is 4.44. The van der Waals surface area contributed by atoms with Crippen LogP contribution in [-0.2, 0) is 6.42 Å². The molecule has 2 aromatic rings. The lowest BCUT2D eigenvalue weighted by molar-refractivity contribution is 0.503. The molecule has 102 valence electrons. The number of rotatable bonds is 7. The SMILES string of the molecule is CCNC(CCCc1ccccc1)c1sccc1Br. The maximum atomic E-state index is 3.64. The molecular formula is C16H20BrNS. The minimum atomic E-state index is 0.475. The molecule has 0 spiro atoms. The molecular weight excluding hydrogens is 318 g/mol. The highest BCUT2D eigenvalue weighted by Crippen LogP contribution is 2.31. The van der Waals surface area contributed by atoms with Gasteiger partial charge in [-0.3, -0.25) is 0 Å². The van der Waals surface area contributed by atoms with E-state index >= 15 is 0 Å². The largest absolute Gasteiger partial charge is 0.309 e. The van der Waals surface area contributed by atoms with Gasteiger partial charge in [0.05, 0.1) is 0 Å². The predicted octanol–water partition coefficient (Wildman–Crippen LogP) is 5.18. The van der Waals surface area contributed by atoms with Gasteiger partial charge in [0.1, 0.15) is 0 Å². The first kappa shape index (κ1) is 14.8. The molecule has 0 aliphatic rings. The topological polar surface area (TPSA) is 12.0 Å². The second kappa shape index (κ2) is 7.83. The van der Waals surface area contributed by atoms with Crippen LogP contribution in [0.1, 0.15) is 36.2 Å². The van der Waals surface area contributed by atoms with Crippen LogP contribution in [-0.4, -0.2) is 6.54 Å². The van der Waals surface area contributed by atoms with Crippen LogP contribution >= 0.6 is 27.3 Å². The highest BCUT2D eigenvalue weighted by molar-refractivity contribution is 9.10. The Morgan fingerprint density at radius 3 is 2.63 bits per heavy atom. The molecule has 0 aliphatic carbocycles. The van der Waals surface area contributed by atoms with Crippen LogP contribution in [0.15, 0.2) is 46.3 Å². The minimum Gasteiger partial charge on any atom is -0.309 e. The fraction of sp³-hybridized carbons (Fsp3) is 0.375. The predicted molar refractivity (Wildman–Crippen MR) is 87.8 cm³/mol. The molecule has 0 saturated carbocycles. The van der Waals surface area contributed by atoms with E-state index in [0.717, 1.165) is 13.0 Å². The molecule has 0 bridgehead atoms. The van der Waals surface area contributed by atoms with E-state index in [1.807, 2.05) is 11.3 Å². The molecule has 19 heavy (non-hydrogen) atoms. The quantitative estimate of drug-likeness (QED) is 0.733. The van der Waals surface area contributed by atoms with Crippen molar-refractivity contribution in [2.45, 2.75) is 32.2 Å². The van der Waals surface area contributed by atoms with Crippen molar-refractivity contribution < 1.29 is 0 Å². The van der Waals surface area contributed by atoms with Gasteiger partial charge in [-0.25, -0.2) is 0 Å². The Bertz CT molecular complexity index is 481. The van der Waals surface area contributed by atoms with Crippen LogP contribution in [0.25, 0.3) is 0 Å². The van der Waals surface area contributed by atoms with Gasteiger partial charge in [-0.15, -0.1) is 11.3 Å². The molecule has 0 fully saturated rings. The Kier molecular flexibility index (Phi) is 6.08. The Balaban J connectivity index is 1.89. The molecule has 1 heterocycles. The summed E-state index contributed by atoms with van der Waals surface area (Å²) >= 11 is 5.48. The van der Waals surface area contributed by atoms with E-state index < -0.39 is 0 Å². The highest BCUT2D eigenvalue weighted by atomic mass is 79.9. The van der Waals surface area contributed by atoms with Crippen LogP contribution in [0.3, 0.4) is 0 Å². The summed E-state index contributed by atoms with van der Waals surface area (Å²) in [6, 6.07) is 13.4. The van der Waals surface area contributed by atoms with Gasteiger partial charge in [-0.1, -0.05) is 37.3 Å². The summed E-state index contributed by atoms with van der Waals surface area (Å²) in [6.45, 7) is 3.19. The molecule has 1 nitrogen and oxygen atoms in total. The molecule has 1 aromatic heterocycles. The van der Waals surface area contributed by atoms with Crippen molar-refractivity contribution in [1.82, 2.24) is 5.32 Å². The van der Waals surface area contributed by atoms with E-state index in [9.17, 15) is 0 Å². The lowest BCUT2D eigenvalue weighted by Gasteiger charge is -2.17. The molecule has 1 unspecified atom stereocenters. The monoisotopic (exact) mass is 337 g/mol. The second-order valence-corrected chi connectivity index (χ2v) is 6.42. The van der Waals surface area contributed by atoms with E-state index in [-0.39, 0.29) is 0 Å². The zero-order valence-electron chi connectivity index (χ0n) is 11.2. The van der Waals surface area contributed by atoms with Crippen LogP contribution in [0.2, 0.25) is 0 Å². The molecule has 2 rings (SSSR count). The Hall–Kier alpha value is -0.640. The number of benzene rings is 1. The molecule has 0 saturated heterocycles. The van der Waals surface area contributed by atoms with Crippen molar-refractivity contribution in [3.05, 3.63) is 56.7 Å². The standard InChI is InChI=1S/C16H20BrNS/c1-2-18-15(16-14(17)11-12-19-16)10-6-9-13-7-4-3-5-8-13/h3-5,7-8,11-12,15,18H,2,6,9-10H2,1H3. The summed E-state index contributed by atoms with van der Waals surface area (Å²) in [6.07, 6.45) is 3.56. The van der Waals surface area contributed by atoms with Crippen molar-refractivity contribution in [2.75, 3.05) is 6.54 Å². The fourth-order valence-corrected chi connectivity index (χ4v) is 4.04. The normalized spacial score (nSPS) is 12.5. The first-order chi connectivity index (χ1) is 9.31. The Labute approximate surface area is 128 Å². The maximum absolute atomic E-state index is 3.64. The van der Waals surface area contributed by atoms with Gasteiger partial charge in [-0.2, -0.15) is 0 Å². The number of nitrogens with one attached hydrogen (secondary N) is 1. The minimum absolute atomic E-state index is 0.475. The van der Waals surface area contributed by atoms with Gasteiger partial charge in [-0.05, 0) is 58.7 Å². The maximum Gasteiger partial charge on any atom is 0.0426 e. The fourth-order valence-electron chi connectivity index (χ4n) is 2.28. The number of hydrogen-bond donors (Lipinski definition) is 1. The van der Waals surface area contributed by atoms with Crippen LogP contribution in [0.5, 0.6) is 0 Å². The summed E-state index contributed by atoms with van der Waals surface area (Å²) in [5.74, 6) is 0. The zero-order valence-corrected chi connectivity index (χ0v) is 13.6. The molecule has 0 amide bonds. The number of aryl methyl sites for hydroxylation is 1. The average molecular weight is 338 g/mol. The zero-order chi connectivity index (χ0) is 13.5. The van der Waals surface area contributed by atoms with Gasteiger partial charge < -0.3 is 5.32 Å². The van der Waals surface area contributed by atoms with Crippen molar-refractivity contribution in [3.63, 3.8) is 0 Å². The summed E-state index contributed by atoms with van der Waals surface area (Å²) < 4.78 is 1.24. The average Bonchev–Trinajstić information content (AvgIpc) is 2.85. The van der Waals surface area contributed by atoms with E-state index in [1.54, 1.807) is 0 Å². The summed E-state index contributed by atoms with van der Waals surface area (Å²) in [4.78, 5) is 1.43. The van der Waals surface area contributed by atoms with Crippen LogP contribution in [0.4, 0.5) is 0 Å². The van der Waals surface area contributed by atoms with Crippen LogP contribution < -0.4 is 5.32 Å². The first-order valence-corrected chi connectivity index (χ1v) is 8.48. The summed E-state index contributed by atoms with van der Waals surface area (Å²) in [5.41, 5.74) is 1.43. The van der Waals surface area contributed by atoms with Gasteiger partial charge in [0.2, 0.25) is 0 Å². The molecule has 1 aromatic carbocycles. The first-order valence-electron chi connectivity index (χ1n) is 6.81. The van der Waals surface area contributed by atoms with E-state index in [1.165, 1.54) is 27.8 Å². The molecule has 3 heteroatoms. The Morgan fingerprint density at radius 2 is 2.00 bits per heavy atom. The van der Waals surface area contributed by atoms with Crippen molar-refractivity contribution in [3.8, 4) is 0 Å². The van der Waals surface area contributed by atoms with Gasteiger partial charge in [0.25, 0.3) is 0 Å². The lowest BCUT2D eigenvalue weighted by atomic mass is 10.0. The number of thiophene rings is 1. The summed E-state index contributed by atoms with van der Waals surface area (Å²) in [7, 11) is 0. The highest BCUT2D eigenvalue weighted by Gasteiger charge is 2.14. The van der Waals surface area contributed by atoms with Crippen molar-refractivity contribution in [1.29, 1.82) is 0 Å². The van der Waals surface area contributed by atoms with Crippen molar-refractivity contribution >= 4 is 27.3 Å². The molecule has 0 radical (unpaired) electrons. The second-order valence-electron chi connectivity index (χ2n) is 4.62. The lowest BCUT2D eigenvalue weighted by Crippen LogP contribution is -2.20. The number of halogens is 1. The van der Waals surface area contributed by atoms with E-state index in [4.69, 9.17) is 0 Å². The Morgan fingerprint density at radius 1 is 1.21 bits per heavy atom. The third-order valence-corrected chi connectivity index (χ3v) is 5.20. The third-order valence-electron chi connectivity index (χ3n) is 3.21. The summed E-state index contributed by atoms with van der Waals surface area (Å²) in [5, 5.41) is 5.75.